The number of nitrogens with two attached hydrogens (primary N) is 1. The van der Waals surface area contributed by atoms with Gasteiger partial charge in [-0.25, -0.2) is 9.78 Å². The molecule has 0 radical (unpaired) electrons. The molecule has 8 nitrogen and oxygen atoms in total. The summed E-state index contributed by atoms with van der Waals surface area (Å²) in [6, 6.07) is 9.59. The highest BCUT2D eigenvalue weighted by atomic mass is 16.6. The molecule has 2 N–H and O–H groups in total. The monoisotopic (exact) mass is 430 g/mol. The van der Waals surface area contributed by atoms with E-state index in [1.165, 1.54) is 7.11 Å². The van der Waals surface area contributed by atoms with E-state index >= 15 is 0 Å². The Kier molecular flexibility index (Phi) is 6.46. The number of rotatable bonds is 6. The number of aromatic nitrogens is 1. The Labute approximate surface area is 186 Å². The summed E-state index contributed by atoms with van der Waals surface area (Å²) >= 11 is 0. The van der Waals surface area contributed by atoms with Gasteiger partial charge in [0.15, 0.2) is 18.1 Å². The molecule has 1 aromatic carbocycles. The zero-order valence-corrected chi connectivity index (χ0v) is 18.3. The number of pyridine rings is 1. The van der Waals surface area contributed by atoms with Crippen LogP contribution in [0.3, 0.4) is 0 Å². The lowest BCUT2D eigenvalue weighted by molar-refractivity contribution is -0.142. The fourth-order valence-corrected chi connectivity index (χ4v) is 3.56. The Morgan fingerprint density at radius 3 is 2.56 bits per heavy atom. The largest absolute Gasteiger partial charge is 0.490 e. The molecule has 1 aliphatic rings. The first kappa shape index (κ1) is 22.4. The maximum absolute atomic E-state index is 11.4. The summed E-state index contributed by atoms with van der Waals surface area (Å²) in [4.78, 5) is 15.7. The van der Waals surface area contributed by atoms with Gasteiger partial charge >= 0.3 is 5.97 Å². The van der Waals surface area contributed by atoms with E-state index in [4.69, 9.17) is 15.2 Å². The molecule has 1 aliphatic carbocycles. The number of carbonyl (C=O) groups excluding carboxylic acids is 1. The van der Waals surface area contributed by atoms with Gasteiger partial charge in [-0.2, -0.15) is 10.5 Å². The first-order valence-corrected chi connectivity index (χ1v) is 9.86. The van der Waals surface area contributed by atoms with Crippen molar-refractivity contribution < 1.29 is 19.0 Å². The van der Waals surface area contributed by atoms with Crippen molar-refractivity contribution >= 4 is 29.0 Å². The molecular weight excluding hydrogens is 408 g/mol. The van der Waals surface area contributed by atoms with Gasteiger partial charge in [0.05, 0.1) is 30.5 Å². The fourth-order valence-electron chi connectivity index (χ4n) is 3.56. The summed E-state index contributed by atoms with van der Waals surface area (Å²) < 4.78 is 15.8. The number of allylic oxidation sites excluding steroid dienone is 3. The number of methoxy groups -OCH3 is 1. The second kappa shape index (κ2) is 9.23. The Hall–Kier alpha value is -4.30. The van der Waals surface area contributed by atoms with E-state index in [-0.39, 0.29) is 12.4 Å². The zero-order valence-electron chi connectivity index (χ0n) is 18.3. The molecule has 0 saturated heterocycles. The minimum absolute atomic E-state index is 0.108. The fraction of sp³-hybridized carbons (Fsp3) is 0.250. The number of ether oxygens (including phenoxy) is 3. The average molecular weight is 430 g/mol. The van der Waals surface area contributed by atoms with Gasteiger partial charge in [-0.15, -0.1) is 0 Å². The number of fused-ring (bicyclic) bond motifs is 1. The highest BCUT2D eigenvalue weighted by molar-refractivity contribution is 6.08. The van der Waals surface area contributed by atoms with Crippen LogP contribution in [0.4, 0.5) is 5.82 Å². The number of nitrogens with zero attached hydrogens (tertiary/aromatic N) is 3. The van der Waals surface area contributed by atoms with Gasteiger partial charge in [0.2, 0.25) is 0 Å². The maximum atomic E-state index is 11.4. The van der Waals surface area contributed by atoms with Crippen LogP contribution in [-0.4, -0.2) is 31.3 Å². The second-order valence-corrected chi connectivity index (χ2v) is 7.01. The normalized spacial score (nSPS) is 13.4. The molecule has 162 valence electrons. The highest BCUT2D eigenvalue weighted by Crippen LogP contribution is 2.44. The van der Waals surface area contributed by atoms with E-state index in [2.05, 4.69) is 21.9 Å². The van der Waals surface area contributed by atoms with Crippen molar-refractivity contribution in [3.8, 4) is 23.6 Å². The van der Waals surface area contributed by atoms with E-state index in [9.17, 15) is 15.3 Å². The maximum Gasteiger partial charge on any atom is 0.343 e. The van der Waals surface area contributed by atoms with Gasteiger partial charge < -0.3 is 19.9 Å². The number of nitriles is 2. The van der Waals surface area contributed by atoms with Gasteiger partial charge in [-0.05, 0) is 61.3 Å². The smallest absolute Gasteiger partial charge is 0.343 e. The Morgan fingerprint density at radius 1 is 1.19 bits per heavy atom. The molecule has 2 aromatic rings. The van der Waals surface area contributed by atoms with E-state index in [0.29, 0.717) is 46.1 Å². The summed E-state index contributed by atoms with van der Waals surface area (Å²) in [7, 11) is 1.29. The summed E-state index contributed by atoms with van der Waals surface area (Å²) in [6.07, 6.45) is 1.90. The molecular formula is C24H22N4O4. The summed E-state index contributed by atoms with van der Waals surface area (Å²) in [6.45, 7) is 5.65. The molecule has 0 bridgehead atoms. The lowest BCUT2D eigenvalue weighted by Crippen LogP contribution is -2.13. The molecule has 0 aliphatic heterocycles. The first-order valence-electron chi connectivity index (χ1n) is 9.86. The third kappa shape index (κ3) is 3.99. The summed E-state index contributed by atoms with van der Waals surface area (Å²) in [5.74, 6) is 0.488. The molecule has 0 amide bonds. The quantitative estimate of drug-likeness (QED) is 0.687. The Bertz CT molecular complexity index is 1250. The number of hydrogen-bond donors (Lipinski definition) is 1. The SMILES string of the molecule is CCOc1cc(C=C2C(C)=C(C#N)c3nc(N)c(C#N)c(C)c32)ccc1OCC(=O)OC. The van der Waals surface area contributed by atoms with Crippen LogP contribution in [0.15, 0.2) is 23.8 Å². The van der Waals surface area contributed by atoms with Crippen molar-refractivity contribution in [2.24, 2.45) is 0 Å². The predicted molar refractivity (Wildman–Crippen MR) is 119 cm³/mol. The van der Waals surface area contributed by atoms with Gasteiger partial charge in [-0.1, -0.05) is 6.07 Å². The third-order valence-electron chi connectivity index (χ3n) is 5.14. The number of anilines is 1. The molecule has 32 heavy (non-hydrogen) atoms. The summed E-state index contributed by atoms with van der Waals surface area (Å²) in [5.41, 5.74) is 10.9. The Balaban J connectivity index is 2.12. The minimum Gasteiger partial charge on any atom is -0.490 e. The van der Waals surface area contributed by atoms with Gasteiger partial charge in [-0.3, -0.25) is 0 Å². The topological polar surface area (TPSA) is 131 Å². The molecule has 0 unspecified atom stereocenters. The van der Waals surface area contributed by atoms with E-state index in [0.717, 1.165) is 16.7 Å². The molecule has 0 atom stereocenters. The van der Waals surface area contributed by atoms with Crippen molar-refractivity contribution in [3.05, 3.63) is 51.7 Å². The first-order chi connectivity index (χ1) is 15.4. The van der Waals surface area contributed by atoms with Gasteiger partial charge in [0.25, 0.3) is 0 Å². The molecule has 0 fully saturated rings. The predicted octanol–water partition coefficient (Wildman–Crippen LogP) is 3.65. The van der Waals surface area contributed by atoms with Gasteiger partial charge in [0, 0.05) is 5.56 Å². The number of benzene rings is 1. The number of carbonyl (C=O) groups is 1. The number of nitrogen functional groups attached to an aromatic ring is 1. The van der Waals surface area contributed by atoms with Crippen molar-refractivity contribution in [1.82, 2.24) is 4.98 Å². The lowest BCUT2D eigenvalue weighted by atomic mass is 9.95. The van der Waals surface area contributed by atoms with Gasteiger partial charge in [0.1, 0.15) is 18.0 Å². The van der Waals surface area contributed by atoms with Crippen LogP contribution in [0.5, 0.6) is 11.5 Å². The molecule has 0 saturated carbocycles. The molecule has 1 heterocycles. The van der Waals surface area contributed by atoms with Crippen LogP contribution in [0, 0.1) is 29.6 Å². The van der Waals surface area contributed by atoms with Crippen LogP contribution < -0.4 is 15.2 Å². The molecule has 0 spiro atoms. The van der Waals surface area contributed by atoms with Crippen LogP contribution in [0.2, 0.25) is 0 Å². The number of esters is 1. The van der Waals surface area contributed by atoms with Crippen molar-refractivity contribution in [3.63, 3.8) is 0 Å². The zero-order chi connectivity index (χ0) is 23.4. The second-order valence-electron chi connectivity index (χ2n) is 7.01. The number of hydrogen-bond acceptors (Lipinski definition) is 8. The standard InChI is InChI=1S/C24H22N4O4/c1-5-31-20-9-15(6-7-19(20)32-12-21(29)30-4)8-16-13(2)17(10-25)23-22(16)14(3)18(11-26)24(27)28-23/h6-9H,5,12H2,1-4H3,(H2,27,28). The molecule has 8 heteroatoms. The summed E-state index contributed by atoms with van der Waals surface area (Å²) in [5, 5.41) is 19.2. The molecule has 3 rings (SSSR count). The minimum atomic E-state index is -0.499. The Morgan fingerprint density at radius 2 is 1.94 bits per heavy atom. The van der Waals surface area contributed by atoms with Crippen LogP contribution >= 0.6 is 0 Å². The van der Waals surface area contributed by atoms with Crippen LogP contribution in [0.25, 0.3) is 17.2 Å². The van der Waals surface area contributed by atoms with Crippen LogP contribution in [0.1, 0.15) is 41.8 Å². The van der Waals surface area contributed by atoms with Crippen molar-refractivity contribution in [2.45, 2.75) is 20.8 Å². The molecule has 1 aromatic heterocycles. The van der Waals surface area contributed by atoms with Crippen molar-refractivity contribution in [2.75, 3.05) is 26.1 Å². The lowest BCUT2D eigenvalue weighted by Gasteiger charge is -2.13. The van der Waals surface area contributed by atoms with Crippen LogP contribution in [-0.2, 0) is 9.53 Å². The highest BCUT2D eigenvalue weighted by Gasteiger charge is 2.29. The van der Waals surface area contributed by atoms with E-state index in [1.54, 1.807) is 19.1 Å². The van der Waals surface area contributed by atoms with E-state index < -0.39 is 5.97 Å². The third-order valence-corrected chi connectivity index (χ3v) is 5.14. The average Bonchev–Trinajstić information content (AvgIpc) is 3.03. The van der Waals surface area contributed by atoms with E-state index in [1.807, 2.05) is 26.0 Å². The van der Waals surface area contributed by atoms with Crippen molar-refractivity contribution in [1.29, 1.82) is 10.5 Å².